The van der Waals surface area contributed by atoms with Crippen LogP contribution in [0.15, 0.2) is 24.3 Å². The second-order valence-electron chi connectivity index (χ2n) is 5.18. The average Bonchev–Trinajstić information content (AvgIpc) is 2.62. The zero-order valence-corrected chi connectivity index (χ0v) is 11.8. The maximum Gasteiger partial charge on any atom is 0.241 e. The summed E-state index contributed by atoms with van der Waals surface area (Å²) in [4.78, 5) is 27.4. The number of nitrogens with two attached hydrogens (primary N) is 1. The van der Waals surface area contributed by atoms with E-state index in [-0.39, 0.29) is 18.4 Å². The van der Waals surface area contributed by atoms with Crippen LogP contribution in [0.4, 0.5) is 0 Å². The molecule has 0 saturated carbocycles. The quantitative estimate of drug-likeness (QED) is 0.867. The molecule has 5 heteroatoms. The van der Waals surface area contributed by atoms with Crippen LogP contribution in [-0.2, 0) is 22.6 Å². The molecule has 1 aliphatic rings. The molecule has 1 aliphatic heterocycles. The van der Waals surface area contributed by atoms with E-state index in [0.29, 0.717) is 26.1 Å². The molecule has 2 N–H and O–H groups in total. The highest BCUT2D eigenvalue weighted by atomic mass is 16.2. The number of likely N-dealkylation sites (N-methyl/N-ethyl adjacent to an activating group) is 1. The summed E-state index contributed by atoms with van der Waals surface area (Å²) in [7, 11) is 1.78. The maximum atomic E-state index is 12.3. The standard InChI is InChI=1S/C15H21N3O2/c1-17-7-2-8-18(11-15(17)20)14(19)9-12-3-5-13(10-16)6-4-12/h3-6H,2,7-11,16H2,1H3. The van der Waals surface area contributed by atoms with Gasteiger partial charge in [-0.2, -0.15) is 0 Å². The second-order valence-corrected chi connectivity index (χ2v) is 5.18. The van der Waals surface area contributed by atoms with Crippen molar-refractivity contribution in [2.45, 2.75) is 19.4 Å². The molecule has 0 radical (unpaired) electrons. The van der Waals surface area contributed by atoms with Crippen LogP contribution in [-0.4, -0.2) is 48.3 Å². The Labute approximate surface area is 119 Å². The SMILES string of the molecule is CN1CCCN(C(=O)Cc2ccc(CN)cc2)CC1=O. The van der Waals surface area contributed by atoms with Gasteiger partial charge in [0.15, 0.2) is 0 Å². The van der Waals surface area contributed by atoms with Crippen LogP contribution in [0.1, 0.15) is 17.5 Å². The summed E-state index contributed by atoms with van der Waals surface area (Å²) < 4.78 is 0. The highest BCUT2D eigenvalue weighted by molar-refractivity contribution is 5.86. The molecule has 1 fully saturated rings. The fourth-order valence-electron chi connectivity index (χ4n) is 2.28. The van der Waals surface area contributed by atoms with Crippen LogP contribution in [0.3, 0.4) is 0 Å². The van der Waals surface area contributed by atoms with Gasteiger partial charge in [-0.3, -0.25) is 9.59 Å². The van der Waals surface area contributed by atoms with Gasteiger partial charge in [-0.15, -0.1) is 0 Å². The third-order valence-electron chi connectivity index (χ3n) is 3.64. The molecule has 1 aromatic rings. The lowest BCUT2D eigenvalue weighted by atomic mass is 10.1. The molecule has 1 heterocycles. The van der Waals surface area contributed by atoms with Gasteiger partial charge in [0.05, 0.1) is 13.0 Å². The first-order chi connectivity index (χ1) is 9.60. The lowest BCUT2D eigenvalue weighted by Gasteiger charge is -2.19. The van der Waals surface area contributed by atoms with Gasteiger partial charge in [-0.05, 0) is 17.5 Å². The zero-order chi connectivity index (χ0) is 14.5. The van der Waals surface area contributed by atoms with Gasteiger partial charge in [0.25, 0.3) is 0 Å². The van der Waals surface area contributed by atoms with E-state index in [1.807, 2.05) is 24.3 Å². The third-order valence-corrected chi connectivity index (χ3v) is 3.64. The highest BCUT2D eigenvalue weighted by Gasteiger charge is 2.22. The molecular weight excluding hydrogens is 254 g/mol. The Morgan fingerprint density at radius 2 is 1.85 bits per heavy atom. The van der Waals surface area contributed by atoms with Gasteiger partial charge >= 0.3 is 0 Å². The Bertz CT molecular complexity index is 484. The predicted molar refractivity (Wildman–Crippen MR) is 76.9 cm³/mol. The molecule has 0 bridgehead atoms. The Morgan fingerprint density at radius 3 is 2.50 bits per heavy atom. The van der Waals surface area contributed by atoms with Gasteiger partial charge in [0.2, 0.25) is 11.8 Å². The first-order valence-electron chi connectivity index (χ1n) is 6.90. The van der Waals surface area contributed by atoms with Crippen LogP contribution < -0.4 is 5.73 Å². The summed E-state index contributed by atoms with van der Waals surface area (Å²) in [6.45, 7) is 2.06. The van der Waals surface area contributed by atoms with Crippen molar-refractivity contribution in [2.24, 2.45) is 5.73 Å². The van der Waals surface area contributed by atoms with Crippen LogP contribution in [0.5, 0.6) is 0 Å². The van der Waals surface area contributed by atoms with E-state index >= 15 is 0 Å². The third kappa shape index (κ3) is 3.57. The van der Waals surface area contributed by atoms with E-state index in [9.17, 15) is 9.59 Å². The largest absolute Gasteiger partial charge is 0.344 e. The first kappa shape index (κ1) is 14.5. The minimum Gasteiger partial charge on any atom is -0.344 e. The Hall–Kier alpha value is -1.88. The number of rotatable bonds is 3. The normalized spacial score (nSPS) is 16.2. The average molecular weight is 275 g/mol. The summed E-state index contributed by atoms with van der Waals surface area (Å²) >= 11 is 0. The lowest BCUT2D eigenvalue weighted by molar-refractivity contribution is -0.137. The van der Waals surface area contributed by atoms with Crippen LogP contribution in [0, 0.1) is 0 Å². The summed E-state index contributed by atoms with van der Waals surface area (Å²) in [6, 6.07) is 7.71. The van der Waals surface area contributed by atoms with Crippen LogP contribution >= 0.6 is 0 Å². The van der Waals surface area contributed by atoms with Crippen molar-refractivity contribution in [3.63, 3.8) is 0 Å². The number of nitrogens with zero attached hydrogens (tertiary/aromatic N) is 2. The van der Waals surface area contributed by atoms with Crippen molar-refractivity contribution >= 4 is 11.8 Å². The molecule has 1 saturated heterocycles. The zero-order valence-electron chi connectivity index (χ0n) is 11.8. The number of carbonyl (C=O) groups is 2. The van der Waals surface area contributed by atoms with Crippen molar-refractivity contribution < 1.29 is 9.59 Å². The molecule has 0 atom stereocenters. The fourth-order valence-corrected chi connectivity index (χ4v) is 2.28. The van der Waals surface area contributed by atoms with Gasteiger partial charge in [0, 0.05) is 26.7 Å². The molecular formula is C15H21N3O2. The highest BCUT2D eigenvalue weighted by Crippen LogP contribution is 2.09. The number of hydrogen-bond acceptors (Lipinski definition) is 3. The van der Waals surface area contributed by atoms with Gasteiger partial charge in [-0.1, -0.05) is 24.3 Å². The van der Waals surface area contributed by atoms with Crippen molar-refractivity contribution in [1.29, 1.82) is 0 Å². The van der Waals surface area contributed by atoms with E-state index in [1.54, 1.807) is 16.8 Å². The smallest absolute Gasteiger partial charge is 0.241 e. The molecule has 108 valence electrons. The Balaban J connectivity index is 1.98. The van der Waals surface area contributed by atoms with E-state index in [4.69, 9.17) is 5.73 Å². The van der Waals surface area contributed by atoms with Crippen LogP contribution in [0.2, 0.25) is 0 Å². The number of amides is 2. The Kier molecular flexibility index (Phi) is 4.74. The number of carbonyl (C=O) groups excluding carboxylic acids is 2. The molecule has 1 aromatic carbocycles. The molecule has 2 rings (SSSR count). The van der Waals surface area contributed by atoms with E-state index in [1.165, 1.54) is 0 Å². The van der Waals surface area contributed by atoms with Gasteiger partial charge in [0.1, 0.15) is 0 Å². The second kappa shape index (κ2) is 6.52. The lowest BCUT2D eigenvalue weighted by Crippen LogP contribution is -2.38. The summed E-state index contributed by atoms with van der Waals surface area (Å²) in [6.07, 6.45) is 1.17. The molecule has 0 spiro atoms. The molecule has 20 heavy (non-hydrogen) atoms. The van der Waals surface area contributed by atoms with Gasteiger partial charge in [-0.25, -0.2) is 0 Å². The summed E-state index contributed by atoms with van der Waals surface area (Å²) in [5.74, 6) is 0.0171. The topological polar surface area (TPSA) is 66.6 Å². The molecule has 0 aliphatic carbocycles. The monoisotopic (exact) mass is 275 g/mol. The van der Waals surface area contributed by atoms with E-state index in [0.717, 1.165) is 17.5 Å². The van der Waals surface area contributed by atoms with Crippen molar-refractivity contribution in [3.8, 4) is 0 Å². The van der Waals surface area contributed by atoms with Crippen molar-refractivity contribution in [1.82, 2.24) is 9.80 Å². The summed E-state index contributed by atoms with van der Waals surface area (Å²) in [5.41, 5.74) is 7.55. The minimum absolute atomic E-state index is 0.00847. The molecule has 2 amide bonds. The van der Waals surface area contributed by atoms with E-state index < -0.39 is 0 Å². The van der Waals surface area contributed by atoms with Gasteiger partial charge < -0.3 is 15.5 Å². The molecule has 0 unspecified atom stereocenters. The van der Waals surface area contributed by atoms with Crippen molar-refractivity contribution in [2.75, 3.05) is 26.7 Å². The van der Waals surface area contributed by atoms with Crippen molar-refractivity contribution in [3.05, 3.63) is 35.4 Å². The Morgan fingerprint density at radius 1 is 1.20 bits per heavy atom. The van der Waals surface area contributed by atoms with Crippen LogP contribution in [0.25, 0.3) is 0 Å². The maximum absolute atomic E-state index is 12.3. The summed E-state index contributed by atoms with van der Waals surface area (Å²) in [5, 5.41) is 0. The minimum atomic E-state index is 0.00847. The molecule has 5 nitrogen and oxygen atoms in total. The molecule has 0 aromatic heterocycles. The fraction of sp³-hybridized carbons (Fsp3) is 0.467. The number of benzene rings is 1. The predicted octanol–water partition coefficient (Wildman–Crippen LogP) is 0.378. The number of hydrogen-bond donors (Lipinski definition) is 1. The van der Waals surface area contributed by atoms with E-state index in [2.05, 4.69) is 0 Å². The first-order valence-corrected chi connectivity index (χ1v) is 6.90.